The van der Waals surface area contributed by atoms with Gasteiger partial charge in [0.05, 0.1) is 6.61 Å². The lowest BCUT2D eigenvalue weighted by molar-refractivity contribution is 0.204. The number of ether oxygens (including phenoxy) is 1. The summed E-state index contributed by atoms with van der Waals surface area (Å²) in [4.78, 5) is 0. The van der Waals surface area contributed by atoms with Crippen LogP contribution in [-0.2, 0) is 14.9 Å². The zero-order valence-corrected chi connectivity index (χ0v) is 10.0. The maximum Gasteiger partial charge on any atom is 0.276 e. The van der Waals surface area contributed by atoms with Crippen molar-refractivity contribution in [3.05, 3.63) is 0 Å². The molecule has 0 rings (SSSR count). The molecule has 0 saturated carbocycles. The van der Waals surface area contributed by atoms with E-state index in [-0.39, 0.29) is 19.1 Å². The van der Waals surface area contributed by atoms with E-state index in [0.717, 1.165) is 0 Å². The minimum atomic E-state index is -3.43. The Labute approximate surface area is 91.2 Å². The highest BCUT2D eigenvalue weighted by Crippen LogP contribution is 1.98. The van der Waals surface area contributed by atoms with Crippen LogP contribution in [0.25, 0.3) is 0 Å². The van der Waals surface area contributed by atoms with Crippen molar-refractivity contribution in [1.29, 1.82) is 0 Å². The van der Waals surface area contributed by atoms with Crippen molar-refractivity contribution >= 4 is 10.2 Å². The first-order chi connectivity index (χ1) is 7.02. The van der Waals surface area contributed by atoms with E-state index in [1.165, 1.54) is 7.11 Å². The summed E-state index contributed by atoms with van der Waals surface area (Å²) in [5.74, 6) is 0.119. The molecule has 0 fully saturated rings. The van der Waals surface area contributed by atoms with Crippen LogP contribution in [0.15, 0.2) is 0 Å². The smallest absolute Gasteiger partial charge is 0.276 e. The first kappa shape index (κ1) is 14.8. The summed E-state index contributed by atoms with van der Waals surface area (Å²) in [5, 5.41) is 8.63. The van der Waals surface area contributed by atoms with Gasteiger partial charge < -0.3 is 9.84 Å². The zero-order chi connectivity index (χ0) is 11.7. The van der Waals surface area contributed by atoms with Gasteiger partial charge in [0.25, 0.3) is 10.2 Å². The van der Waals surface area contributed by atoms with Crippen LogP contribution in [0.2, 0.25) is 0 Å². The zero-order valence-electron chi connectivity index (χ0n) is 9.19. The molecule has 0 aliphatic rings. The summed E-state index contributed by atoms with van der Waals surface area (Å²) in [6.07, 6.45) is 0.584. The van der Waals surface area contributed by atoms with Crippen molar-refractivity contribution in [3.8, 4) is 0 Å². The Bertz CT molecular complexity index is 243. The topological polar surface area (TPSA) is 87.7 Å². The van der Waals surface area contributed by atoms with Crippen molar-refractivity contribution in [1.82, 2.24) is 9.44 Å². The van der Waals surface area contributed by atoms with E-state index in [1.807, 2.05) is 6.92 Å². The lowest BCUT2D eigenvalue weighted by atomic mass is 10.1. The Balaban J connectivity index is 3.73. The molecule has 0 amide bonds. The van der Waals surface area contributed by atoms with E-state index in [0.29, 0.717) is 19.6 Å². The standard InChI is InChI=1S/C8H20N2O4S/c1-8(3-5-11)7-10-15(12,13)9-4-6-14-2/h8-11H,3-7H2,1-2H3. The van der Waals surface area contributed by atoms with Gasteiger partial charge in [0.1, 0.15) is 0 Å². The second kappa shape index (κ2) is 8.00. The number of nitrogens with one attached hydrogen (secondary N) is 2. The number of aliphatic hydroxyl groups is 1. The van der Waals surface area contributed by atoms with Gasteiger partial charge in [-0.15, -0.1) is 0 Å². The highest BCUT2D eigenvalue weighted by molar-refractivity contribution is 7.87. The number of methoxy groups -OCH3 is 1. The van der Waals surface area contributed by atoms with E-state index in [9.17, 15) is 8.42 Å². The van der Waals surface area contributed by atoms with Crippen molar-refractivity contribution in [2.45, 2.75) is 13.3 Å². The Morgan fingerprint density at radius 2 is 2.07 bits per heavy atom. The normalized spacial score (nSPS) is 14.1. The van der Waals surface area contributed by atoms with Crippen LogP contribution in [-0.4, -0.2) is 46.9 Å². The molecule has 1 unspecified atom stereocenters. The lowest BCUT2D eigenvalue weighted by Gasteiger charge is -2.12. The van der Waals surface area contributed by atoms with E-state index in [2.05, 4.69) is 9.44 Å². The molecular weight excluding hydrogens is 220 g/mol. The fourth-order valence-electron chi connectivity index (χ4n) is 0.904. The predicted octanol–water partition coefficient (Wildman–Crippen LogP) is -0.925. The Morgan fingerprint density at radius 1 is 1.40 bits per heavy atom. The van der Waals surface area contributed by atoms with Gasteiger partial charge in [-0.1, -0.05) is 6.92 Å². The molecule has 92 valence electrons. The first-order valence-corrected chi connectivity index (χ1v) is 6.34. The second-order valence-electron chi connectivity index (χ2n) is 3.36. The predicted molar refractivity (Wildman–Crippen MR) is 57.7 cm³/mol. The van der Waals surface area contributed by atoms with Crippen molar-refractivity contribution in [3.63, 3.8) is 0 Å². The molecule has 0 aromatic carbocycles. The molecule has 7 heteroatoms. The Morgan fingerprint density at radius 3 is 2.60 bits per heavy atom. The number of rotatable bonds is 9. The summed E-state index contributed by atoms with van der Waals surface area (Å²) < 4.78 is 32.0. The lowest BCUT2D eigenvalue weighted by Crippen LogP contribution is -2.40. The molecule has 0 aliphatic carbocycles. The molecule has 0 aliphatic heterocycles. The van der Waals surface area contributed by atoms with E-state index >= 15 is 0 Å². The molecule has 0 saturated heterocycles. The van der Waals surface area contributed by atoms with Gasteiger partial charge >= 0.3 is 0 Å². The van der Waals surface area contributed by atoms with Crippen molar-refractivity contribution < 1.29 is 18.3 Å². The minimum absolute atomic E-state index is 0.0694. The molecule has 15 heavy (non-hydrogen) atoms. The summed E-state index contributed by atoms with van der Waals surface area (Å²) in [5.41, 5.74) is 0. The Hall–Kier alpha value is -0.210. The van der Waals surface area contributed by atoms with Gasteiger partial charge in [-0.25, -0.2) is 4.72 Å². The molecule has 0 radical (unpaired) electrons. The summed E-state index contributed by atoms with van der Waals surface area (Å²) >= 11 is 0. The summed E-state index contributed by atoms with van der Waals surface area (Å²) in [6.45, 7) is 2.85. The molecule has 0 aromatic rings. The number of hydrogen-bond donors (Lipinski definition) is 3. The van der Waals surface area contributed by atoms with Gasteiger partial charge in [0.15, 0.2) is 0 Å². The van der Waals surface area contributed by atoms with Crippen LogP contribution in [0.5, 0.6) is 0 Å². The molecular formula is C8H20N2O4S. The van der Waals surface area contributed by atoms with Crippen LogP contribution in [0.4, 0.5) is 0 Å². The maximum atomic E-state index is 11.3. The molecule has 3 N–H and O–H groups in total. The van der Waals surface area contributed by atoms with Gasteiger partial charge in [-0.2, -0.15) is 13.1 Å². The van der Waals surface area contributed by atoms with E-state index < -0.39 is 10.2 Å². The second-order valence-corrected chi connectivity index (χ2v) is 4.94. The molecule has 0 spiro atoms. The average molecular weight is 240 g/mol. The third-order valence-electron chi connectivity index (χ3n) is 1.84. The fraction of sp³-hybridized carbons (Fsp3) is 1.00. The van der Waals surface area contributed by atoms with Crippen molar-refractivity contribution in [2.24, 2.45) is 5.92 Å². The van der Waals surface area contributed by atoms with Crippen molar-refractivity contribution in [2.75, 3.05) is 33.4 Å². The van der Waals surface area contributed by atoms with E-state index in [4.69, 9.17) is 9.84 Å². The van der Waals surface area contributed by atoms with Crippen LogP contribution in [0, 0.1) is 5.92 Å². The summed E-state index contributed by atoms with van der Waals surface area (Å²) in [6, 6.07) is 0. The Kier molecular flexibility index (Phi) is 7.89. The maximum absolute atomic E-state index is 11.3. The summed E-state index contributed by atoms with van der Waals surface area (Å²) in [7, 11) is -1.92. The van der Waals surface area contributed by atoms with Crippen LogP contribution < -0.4 is 9.44 Å². The van der Waals surface area contributed by atoms with Crippen LogP contribution in [0.1, 0.15) is 13.3 Å². The van der Waals surface area contributed by atoms with Crippen LogP contribution in [0.3, 0.4) is 0 Å². The third kappa shape index (κ3) is 8.76. The largest absolute Gasteiger partial charge is 0.396 e. The molecule has 0 bridgehead atoms. The first-order valence-electron chi connectivity index (χ1n) is 4.86. The highest BCUT2D eigenvalue weighted by atomic mass is 32.2. The van der Waals surface area contributed by atoms with Gasteiger partial charge in [-0.3, -0.25) is 0 Å². The monoisotopic (exact) mass is 240 g/mol. The van der Waals surface area contributed by atoms with Gasteiger partial charge in [0.2, 0.25) is 0 Å². The quantitative estimate of drug-likeness (QED) is 0.455. The third-order valence-corrected chi connectivity index (χ3v) is 2.97. The molecule has 6 nitrogen and oxygen atoms in total. The number of aliphatic hydroxyl groups excluding tert-OH is 1. The minimum Gasteiger partial charge on any atom is -0.396 e. The van der Waals surface area contributed by atoms with Gasteiger partial charge in [0, 0.05) is 26.8 Å². The fourth-order valence-corrected chi connectivity index (χ4v) is 1.86. The average Bonchev–Trinajstić information content (AvgIpc) is 2.16. The van der Waals surface area contributed by atoms with Crippen LogP contribution >= 0.6 is 0 Å². The number of hydrogen-bond acceptors (Lipinski definition) is 4. The molecule has 1 atom stereocenters. The molecule has 0 heterocycles. The van der Waals surface area contributed by atoms with Gasteiger partial charge in [-0.05, 0) is 12.3 Å². The SMILES string of the molecule is COCCNS(=O)(=O)NCC(C)CCO. The molecule has 0 aromatic heterocycles. The van der Waals surface area contributed by atoms with E-state index in [1.54, 1.807) is 0 Å². The highest BCUT2D eigenvalue weighted by Gasteiger charge is 2.10.